The molecule has 3 N–H and O–H groups in total. The molecular weight excluding hydrogens is 248 g/mol. The number of carbonyl (C=O) groups is 1. The normalized spacial score (nSPS) is 22.8. The number of rotatable bonds is 3. The summed E-state index contributed by atoms with van der Waals surface area (Å²) in [4.78, 5) is 12.4. The summed E-state index contributed by atoms with van der Waals surface area (Å²) in [6.45, 7) is 6.44. The minimum absolute atomic E-state index is 0.0330. The summed E-state index contributed by atoms with van der Waals surface area (Å²) in [6.07, 6.45) is 4.83. The molecule has 0 bridgehead atoms. The number of anilines is 1. The van der Waals surface area contributed by atoms with Gasteiger partial charge in [0.05, 0.1) is 0 Å². The van der Waals surface area contributed by atoms with Crippen molar-refractivity contribution in [2.24, 2.45) is 11.8 Å². The Morgan fingerprint density at radius 2 is 2.00 bits per heavy atom. The van der Waals surface area contributed by atoms with E-state index in [1.54, 1.807) is 0 Å². The van der Waals surface area contributed by atoms with Crippen LogP contribution < -0.4 is 11.1 Å². The lowest BCUT2D eigenvalue weighted by molar-refractivity contribution is 0.0889. The molecule has 1 fully saturated rings. The first-order valence-corrected chi connectivity index (χ1v) is 7.66. The van der Waals surface area contributed by atoms with E-state index < -0.39 is 0 Å². The molecule has 3 heteroatoms. The van der Waals surface area contributed by atoms with E-state index in [0.717, 1.165) is 17.7 Å². The molecule has 0 radical (unpaired) electrons. The van der Waals surface area contributed by atoms with Crippen molar-refractivity contribution in [3.05, 3.63) is 29.3 Å². The van der Waals surface area contributed by atoms with Crippen LogP contribution in [0.5, 0.6) is 0 Å². The van der Waals surface area contributed by atoms with Gasteiger partial charge in [0.1, 0.15) is 0 Å². The number of nitrogen functional groups attached to an aromatic ring is 1. The molecule has 2 atom stereocenters. The third-order valence-electron chi connectivity index (χ3n) is 4.52. The fourth-order valence-electron chi connectivity index (χ4n) is 3.21. The average Bonchev–Trinajstić information content (AvgIpc) is 2.42. The predicted molar refractivity (Wildman–Crippen MR) is 83.6 cm³/mol. The van der Waals surface area contributed by atoms with Crippen LogP contribution in [0.25, 0.3) is 0 Å². The van der Waals surface area contributed by atoms with Crippen LogP contribution in [0.4, 0.5) is 5.69 Å². The number of amides is 1. The Bertz CT molecular complexity index is 482. The highest BCUT2D eigenvalue weighted by Gasteiger charge is 2.28. The Hall–Kier alpha value is -1.51. The summed E-state index contributed by atoms with van der Waals surface area (Å²) in [5, 5.41) is 3.23. The second kappa shape index (κ2) is 6.29. The van der Waals surface area contributed by atoms with Gasteiger partial charge in [-0.1, -0.05) is 26.7 Å². The molecule has 0 aromatic heterocycles. The van der Waals surface area contributed by atoms with Gasteiger partial charge in [0.15, 0.2) is 0 Å². The highest BCUT2D eigenvalue weighted by atomic mass is 16.1. The lowest BCUT2D eigenvalue weighted by Gasteiger charge is -2.35. The van der Waals surface area contributed by atoms with Crippen LogP contribution in [0.2, 0.25) is 0 Å². The Kier molecular flexibility index (Phi) is 4.69. The zero-order valence-corrected chi connectivity index (χ0v) is 12.8. The summed E-state index contributed by atoms with van der Waals surface area (Å²) in [5.41, 5.74) is 8.21. The van der Waals surface area contributed by atoms with Crippen LogP contribution in [0.3, 0.4) is 0 Å². The first-order chi connectivity index (χ1) is 9.49. The molecule has 1 aliphatic carbocycles. The van der Waals surface area contributed by atoms with Gasteiger partial charge in [0, 0.05) is 17.3 Å². The summed E-state index contributed by atoms with van der Waals surface area (Å²) in [6, 6.07) is 5.81. The zero-order valence-electron chi connectivity index (χ0n) is 12.8. The van der Waals surface area contributed by atoms with Gasteiger partial charge >= 0.3 is 0 Å². The third-order valence-corrected chi connectivity index (χ3v) is 4.52. The highest BCUT2D eigenvalue weighted by molar-refractivity contribution is 5.95. The van der Waals surface area contributed by atoms with E-state index in [2.05, 4.69) is 19.2 Å². The number of benzene rings is 1. The van der Waals surface area contributed by atoms with E-state index in [1.807, 2.05) is 25.1 Å². The second-order valence-electron chi connectivity index (χ2n) is 6.34. The van der Waals surface area contributed by atoms with Crippen molar-refractivity contribution in [1.29, 1.82) is 0 Å². The van der Waals surface area contributed by atoms with Crippen molar-refractivity contribution in [2.75, 3.05) is 5.73 Å². The van der Waals surface area contributed by atoms with Gasteiger partial charge < -0.3 is 11.1 Å². The fraction of sp³-hybridized carbons (Fsp3) is 0.588. The van der Waals surface area contributed by atoms with Gasteiger partial charge in [-0.25, -0.2) is 0 Å². The van der Waals surface area contributed by atoms with E-state index in [4.69, 9.17) is 5.73 Å². The number of nitrogens with two attached hydrogens (primary N) is 1. The Labute approximate surface area is 121 Å². The molecule has 2 unspecified atom stereocenters. The lowest BCUT2D eigenvalue weighted by Crippen LogP contribution is -2.43. The molecule has 3 nitrogen and oxygen atoms in total. The molecule has 1 amide bonds. The van der Waals surface area contributed by atoms with Crippen molar-refractivity contribution < 1.29 is 4.79 Å². The molecule has 1 aromatic carbocycles. The summed E-state index contributed by atoms with van der Waals surface area (Å²) < 4.78 is 0. The maximum atomic E-state index is 12.4. The van der Waals surface area contributed by atoms with Crippen molar-refractivity contribution in [2.45, 2.75) is 52.5 Å². The molecule has 20 heavy (non-hydrogen) atoms. The van der Waals surface area contributed by atoms with E-state index in [-0.39, 0.29) is 5.91 Å². The fourth-order valence-corrected chi connectivity index (χ4v) is 3.21. The molecule has 2 rings (SSSR count). The predicted octanol–water partition coefficient (Wildman–Crippen LogP) is 3.52. The number of carbonyl (C=O) groups excluding carboxylic acids is 1. The van der Waals surface area contributed by atoms with Gasteiger partial charge in [-0.3, -0.25) is 4.79 Å². The van der Waals surface area contributed by atoms with Crippen molar-refractivity contribution >= 4 is 11.6 Å². The molecule has 110 valence electrons. The SMILES string of the molecule is Cc1cc(C(=O)NC2CCCCC2C(C)C)ccc1N. The van der Waals surface area contributed by atoms with Gasteiger partial charge in [-0.2, -0.15) is 0 Å². The molecule has 1 aromatic rings. The van der Waals surface area contributed by atoms with Crippen LogP contribution in [0, 0.1) is 18.8 Å². The van der Waals surface area contributed by atoms with Gasteiger partial charge in [0.2, 0.25) is 0 Å². The molecule has 1 aliphatic rings. The molecule has 0 heterocycles. The molecule has 1 saturated carbocycles. The summed E-state index contributed by atoms with van der Waals surface area (Å²) >= 11 is 0. The molecule has 0 saturated heterocycles. The van der Waals surface area contributed by atoms with Crippen LogP contribution in [-0.4, -0.2) is 11.9 Å². The van der Waals surface area contributed by atoms with E-state index in [0.29, 0.717) is 23.4 Å². The Morgan fingerprint density at radius 1 is 1.30 bits per heavy atom. The van der Waals surface area contributed by atoms with Crippen molar-refractivity contribution in [3.8, 4) is 0 Å². The van der Waals surface area contributed by atoms with Crippen LogP contribution in [0.15, 0.2) is 18.2 Å². The molecule has 0 aliphatic heterocycles. The Balaban J connectivity index is 2.07. The number of nitrogens with one attached hydrogen (secondary N) is 1. The quantitative estimate of drug-likeness (QED) is 0.829. The maximum Gasteiger partial charge on any atom is 0.251 e. The second-order valence-corrected chi connectivity index (χ2v) is 6.34. The maximum absolute atomic E-state index is 12.4. The number of hydrogen-bond acceptors (Lipinski definition) is 2. The minimum atomic E-state index is 0.0330. The van der Waals surface area contributed by atoms with Crippen molar-refractivity contribution in [1.82, 2.24) is 5.32 Å². The number of hydrogen-bond donors (Lipinski definition) is 2. The Morgan fingerprint density at radius 3 is 2.65 bits per heavy atom. The first kappa shape index (κ1) is 14.9. The van der Waals surface area contributed by atoms with E-state index in [1.165, 1.54) is 19.3 Å². The largest absolute Gasteiger partial charge is 0.399 e. The van der Waals surface area contributed by atoms with Gasteiger partial charge in [-0.15, -0.1) is 0 Å². The minimum Gasteiger partial charge on any atom is -0.399 e. The van der Waals surface area contributed by atoms with Crippen LogP contribution in [0.1, 0.15) is 55.5 Å². The summed E-state index contributed by atoms with van der Waals surface area (Å²) in [5.74, 6) is 1.25. The lowest BCUT2D eigenvalue weighted by atomic mass is 9.78. The van der Waals surface area contributed by atoms with E-state index in [9.17, 15) is 4.79 Å². The topological polar surface area (TPSA) is 55.1 Å². The van der Waals surface area contributed by atoms with Gasteiger partial charge in [0.25, 0.3) is 5.91 Å². The monoisotopic (exact) mass is 274 g/mol. The number of aryl methyl sites for hydroxylation is 1. The first-order valence-electron chi connectivity index (χ1n) is 7.66. The van der Waals surface area contributed by atoms with E-state index >= 15 is 0 Å². The molecular formula is C17H26N2O. The smallest absolute Gasteiger partial charge is 0.251 e. The van der Waals surface area contributed by atoms with Crippen molar-refractivity contribution in [3.63, 3.8) is 0 Å². The van der Waals surface area contributed by atoms with Gasteiger partial charge in [-0.05, 0) is 55.4 Å². The highest BCUT2D eigenvalue weighted by Crippen LogP contribution is 2.30. The average molecular weight is 274 g/mol. The van der Waals surface area contributed by atoms with Crippen LogP contribution in [-0.2, 0) is 0 Å². The summed E-state index contributed by atoms with van der Waals surface area (Å²) in [7, 11) is 0. The molecule has 0 spiro atoms. The van der Waals surface area contributed by atoms with Crippen LogP contribution >= 0.6 is 0 Å². The zero-order chi connectivity index (χ0) is 14.7. The standard InChI is InChI=1S/C17H26N2O/c1-11(2)14-6-4-5-7-16(14)19-17(20)13-8-9-15(18)12(3)10-13/h8-11,14,16H,4-7,18H2,1-3H3,(H,19,20). The third kappa shape index (κ3) is 3.33.